The van der Waals surface area contributed by atoms with Crippen LogP contribution in [0.5, 0.6) is 11.5 Å². The highest BCUT2D eigenvalue weighted by Crippen LogP contribution is 2.32. The summed E-state index contributed by atoms with van der Waals surface area (Å²) in [7, 11) is 1.43. The van der Waals surface area contributed by atoms with Crippen molar-refractivity contribution in [3.8, 4) is 11.5 Å². The summed E-state index contributed by atoms with van der Waals surface area (Å²) >= 11 is 0. The molecule has 0 aliphatic rings. The van der Waals surface area contributed by atoms with Crippen LogP contribution < -0.4 is 9.47 Å². The zero-order valence-electron chi connectivity index (χ0n) is 25.8. The largest absolute Gasteiger partial charge is 0.493 e. The third-order valence-corrected chi connectivity index (χ3v) is 6.65. The summed E-state index contributed by atoms with van der Waals surface area (Å²) < 4.78 is 22.1. The summed E-state index contributed by atoms with van der Waals surface area (Å²) in [5, 5.41) is 9.26. The maximum atomic E-state index is 13.4. The number of hydrogen-bond donors (Lipinski definition) is 0. The molecule has 44 heavy (non-hydrogen) atoms. The third kappa shape index (κ3) is 12.4. The van der Waals surface area contributed by atoms with E-state index in [4.69, 9.17) is 18.9 Å². The summed E-state index contributed by atoms with van der Waals surface area (Å²) in [6, 6.07) is 11.7. The number of unbranched alkanes of at least 4 members (excludes halogenated alkanes) is 2. The second kappa shape index (κ2) is 19.7. The average Bonchev–Trinajstić information content (AvgIpc) is 3.02. The number of benzene rings is 2. The van der Waals surface area contributed by atoms with Gasteiger partial charge in [-0.05, 0) is 68.6 Å². The predicted octanol–water partition coefficient (Wildman–Crippen LogP) is 5.58. The smallest absolute Gasteiger partial charge is 0.344 e. The minimum absolute atomic E-state index is 0.0630. The van der Waals surface area contributed by atoms with Gasteiger partial charge < -0.3 is 23.8 Å². The molecule has 0 aliphatic carbocycles. The van der Waals surface area contributed by atoms with Crippen LogP contribution in [0.15, 0.2) is 48.5 Å². The topological polar surface area (TPSA) is 144 Å². The molecule has 0 spiro atoms. The van der Waals surface area contributed by atoms with Crippen LogP contribution in [0, 0.1) is 10.1 Å². The van der Waals surface area contributed by atoms with E-state index in [2.05, 4.69) is 4.84 Å². The average molecular weight is 615 g/mol. The first-order chi connectivity index (χ1) is 21.2. The molecular formula is C32H42N2O10. The van der Waals surface area contributed by atoms with Gasteiger partial charge in [-0.2, -0.15) is 0 Å². The Morgan fingerprint density at radius 1 is 0.977 bits per heavy atom. The lowest BCUT2D eigenvalue weighted by Crippen LogP contribution is -2.31. The van der Waals surface area contributed by atoms with Gasteiger partial charge in [0.25, 0.3) is 5.09 Å². The molecule has 1 atom stereocenters. The van der Waals surface area contributed by atoms with Crippen molar-refractivity contribution in [2.75, 3.05) is 40.0 Å². The SMILES string of the molecule is CCCC[C@@H](OC(=O)CN(CC)CC)c1ccccc1C(=O)Oc1ccc(/C=C/C(=O)OCCCCO[N+](=O)[O-])cc1OC. The van der Waals surface area contributed by atoms with Crippen LogP contribution >= 0.6 is 0 Å². The molecule has 0 heterocycles. The van der Waals surface area contributed by atoms with E-state index in [9.17, 15) is 24.5 Å². The molecule has 2 aromatic carbocycles. The zero-order chi connectivity index (χ0) is 32.3. The summed E-state index contributed by atoms with van der Waals surface area (Å²) in [5.74, 6) is -1.12. The number of hydrogen-bond acceptors (Lipinski definition) is 11. The van der Waals surface area contributed by atoms with Crippen molar-refractivity contribution in [2.45, 2.75) is 59.0 Å². The molecular weight excluding hydrogens is 572 g/mol. The second-order valence-corrected chi connectivity index (χ2v) is 9.73. The Morgan fingerprint density at radius 3 is 2.39 bits per heavy atom. The molecule has 0 amide bonds. The fourth-order valence-electron chi connectivity index (χ4n) is 4.21. The Balaban J connectivity index is 2.11. The molecule has 2 aromatic rings. The van der Waals surface area contributed by atoms with Crippen LogP contribution in [0.2, 0.25) is 0 Å². The van der Waals surface area contributed by atoms with Crippen molar-refractivity contribution >= 4 is 24.0 Å². The Kier molecular flexibility index (Phi) is 16.0. The van der Waals surface area contributed by atoms with Crippen molar-refractivity contribution in [3.63, 3.8) is 0 Å². The van der Waals surface area contributed by atoms with E-state index in [0.29, 0.717) is 30.4 Å². The fraction of sp³-hybridized carbons (Fsp3) is 0.469. The number of carbonyl (C=O) groups excluding carboxylic acids is 3. The molecule has 0 unspecified atom stereocenters. The second-order valence-electron chi connectivity index (χ2n) is 9.73. The van der Waals surface area contributed by atoms with Gasteiger partial charge in [0.05, 0.1) is 32.4 Å². The Hall–Kier alpha value is -4.45. The minimum atomic E-state index is -0.868. The van der Waals surface area contributed by atoms with E-state index < -0.39 is 23.1 Å². The molecule has 0 radical (unpaired) electrons. The van der Waals surface area contributed by atoms with E-state index >= 15 is 0 Å². The van der Waals surface area contributed by atoms with Crippen molar-refractivity contribution in [1.29, 1.82) is 0 Å². The lowest BCUT2D eigenvalue weighted by molar-refractivity contribution is -0.757. The van der Waals surface area contributed by atoms with Crippen LogP contribution in [0.3, 0.4) is 0 Å². The Labute approximate surface area is 258 Å². The van der Waals surface area contributed by atoms with Gasteiger partial charge in [-0.1, -0.05) is 51.5 Å². The number of rotatable bonds is 20. The maximum absolute atomic E-state index is 13.4. The monoisotopic (exact) mass is 614 g/mol. The van der Waals surface area contributed by atoms with Gasteiger partial charge in [-0.25, -0.2) is 9.59 Å². The molecule has 12 nitrogen and oxygen atoms in total. The Bertz CT molecular complexity index is 1260. The van der Waals surface area contributed by atoms with Crippen LogP contribution in [-0.4, -0.2) is 67.9 Å². The number of nitrogens with zero attached hydrogens (tertiary/aromatic N) is 2. The van der Waals surface area contributed by atoms with Gasteiger partial charge in [0, 0.05) is 11.6 Å². The van der Waals surface area contributed by atoms with Crippen LogP contribution in [0.1, 0.15) is 80.5 Å². The molecule has 12 heteroatoms. The molecule has 0 bridgehead atoms. The third-order valence-electron chi connectivity index (χ3n) is 6.65. The van der Waals surface area contributed by atoms with E-state index in [1.807, 2.05) is 25.7 Å². The number of likely N-dealkylation sites (N-methyl/N-ethyl adjacent to an activating group) is 1. The molecule has 240 valence electrons. The van der Waals surface area contributed by atoms with E-state index in [-0.39, 0.29) is 42.8 Å². The quantitative estimate of drug-likeness (QED) is 0.0461. The zero-order valence-corrected chi connectivity index (χ0v) is 25.8. The van der Waals surface area contributed by atoms with Gasteiger partial charge in [0.1, 0.15) is 6.10 Å². The lowest BCUT2D eigenvalue weighted by Gasteiger charge is -2.23. The molecule has 0 fully saturated rings. The molecule has 2 rings (SSSR count). The van der Waals surface area contributed by atoms with Gasteiger partial charge in [0.15, 0.2) is 11.5 Å². The lowest BCUT2D eigenvalue weighted by atomic mass is 9.98. The summed E-state index contributed by atoms with van der Waals surface area (Å²) in [4.78, 5) is 54.4. The summed E-state index contributed by atoms with van der Waals surface area (Å²) in [6.07, 6.45) is 5.21. The highest BCUT2D eigenvalue weighted by atomic mass is 16.9. The van der Waals surface area contributed by atoms with Crippen molar-refractivity contribution in [2.24, 2.45) is 0 Å². The van der Waals surface area contributed by atoms with E-state index in [1.54, 1.807) is 42.5 Å². The van der Waals surface area contributed by atoms with Gasteiger partial charge in [0.2, 0.25) is 0 Å². The number of methoxy groups -OCH3 is 1. The highest BCUT2D eigenvalue weighted by molar-refractivity contribution is 5.93. The normalized spacial score (nSPS) is 11.7. The summed E-state index contributed by atoms with van der Waals surface area (Å²) in [6.45, 7) is 7.65. The van der Waals surface area contributed by atoms with Crippen LogP contribution in [-0.2, 0) is 23.9 Å². The Morgan fingerprint density at radius 2 is 1.70 bits per heavy atom. The van der Waals surface area contributed by atoms with Crippen LogP contribution in [0.4, 0.5) is 0 Å². The standard InChI is InChI=1S/C32H42N2O10/c1-5-8-15-27(43-31(36)23-33(6-2)7-3)25-13-9-10-14-26(25)32(37)44-28-18-16-24(22-29(28)40-4)17-19-30(35)41-20-11-12-21-42-34(38)39/h9-10,13-14,16-19,22,27H,5-8,11-12,15,20-21,23H2,1-4H3/b19-17+/t27-/m1/s1. The number of esters is 3. The van der Waals surface area contributed by atoms with Crippen molar-refractivity contribution in [1.82, 2.24) is 4.90 Å². The molecule has 0 N–H and O–H groups in total. The first kappa shape index (κ1) is 35.7. The maximum Gasteiger partial charge on any atom is 0.344 e. The fourth-order valence-corrected chi connectivity index (χ4v) is 4.21. The highest BCUT2D eigenvalue weighted by Gasteiger charge is 2.24. The molecule has 0 saturated heterocycles. The molecule has 0 aliphatic heterocycles. The van der Waals surface area contributed by atoms with Crippen molar-refractivity contribution < 1.29 is 43.3 Å². The summed E-state index contributed by atoms with van der Waals surface area (Å²) in [5.41, 5.74) is 1.45. The number of carbonyl (C=O) groups is 3. The number of ether oxygens (including phenoxy) is 4. The van der Waals surface area contributed by atoms with E-state index in [1.165, 1.54) is 19.3 Å². The first-order valence-corrected chi connectivity index (χ1v) is 14.7. The van der Waals surface area contributed by atoms with Crippen molar-refractivity contribution in [3.05, 3.63) is 75.3 Å². The van der Waals surface area contributed by atoms with Gasteiger partial charge in [-0.3, -0.25) is 9.69 Å². The molecule has 0 saturated carbocycles. The van der Waals surface area contributed by atoms with Crippen LogP contribution in [0.25, 0.3) is 6.08 Å². The first-order valence-electron chi connectivity index (χ1n) is 14.7. The van der Waals surface area contributed by atoms with Gasteiger partial charge >= 0.3 is 17.9 Å². The molecule has 0 aromatic heterocycles. The van der Waals surface area contributed by atoms with Gasteiger partial charge in [-0.15, -0.1) is 10.1 Å². The predicted molar refractivity (Wildman–Crippen MR) is 163 cm³/mol. The minimum Gasteiger partial charge on any atom is -0.493 e. The van der Waals surface area contributed by atoms with E-state index in [0.717, 1.165) is 25.9 Å².